The number of ether oxygens (including phenoxy) is 2. The van der Waals surface area contributed by atoms with Crippen LogP contribution < -0.4 is 0 Å². The van der Waals surface area contributed by atoms with Crippen molar-refractivity contribution in [2.24, 2.45) is 0 Å². The molecule has 0 radical (unpaired) electrons. The predicted octanol–water partition coefficient (Wildman–Crippen LogP) is 5.96. The lowest BCUT2D eigenvalue weighted by molar-refractivity contribution is -0.398. The van der Waals surface area contributed by atoms with Gasteiger partial charge in [0.15, 0.2) is 13.2 Å². The van der Waals surface area contributed by atoms with Gasteiger partial charge < -0.3 is 9.47 Å². The lowest BCUT2D eigenvalue weighted by atomic mass is 10.0. The molecule has 0 saturated heterocycles. The minimum Gasteiger partial charge on any atom is -0.456 e. The molecule has 0 aromatic carbocycles. The maximum Gasteiger partial charge on any atom is 0.460 e. The Labute approximate surface area is 191 Å². The lowest BCUT2D eigenvalue weighted by Gasteiger charge is -2.33. The van der Waals surface area contributed by atoms with Crippen LogP contribution in [-0.2, 0) is 19.1 Å². The molecular formula is C15H8F18O4. The Morgan fingerprint density at radius 3 is 1.14 bits per heavy atom. The van der Waals surface area contributed by atoms with Gasteiger partial charge in [-0.3, -0.25) is 0 Å². The zero-order valence-electron chi connectivity index (χ0n) is 16.9. The van der Waals surface area contributed by atoms with Gasteiger partial charge >= 0.3 is 59.8 Å². The summed E-state index contributed by atoms with van der Waals surface area (Å²) in [6.07, 6.45) is -14.9. The summed E-state index contributed by atoms with van der Waals surface area (Å²) < 4.78 is 234. The summed E-state index contributed by atoms with van der Waals surface area (Å²) >= 11 is 0. The van der Waals surface area contributed by atoms with Crippen LogP contribution in [0.25, 0.3) is 0 Å². The van der Waals surface area contributed by atoms with Gasteiger partial charge in [-0.1, -0.05) is 0 Å². The standard InChI is InChI=1S/C15H8F18O4/c1-5(7(35)37-4-9(18,19)11(22,23)13(26,27)15(31,32)33)2-6(34)36-3-8(16,17)10(20,21)12(24,25)14(28,29)30/h2H,3-4H2,1H3/b5-2+. The van der Waals surface area contributed by atoms with E-state index in [2.05, 4.69) is 9.47 Å². The Morgan fingerprint density at radius 2 is 0.838 bits per heavy atom. The quantitative estimate of drug-likeness (QED) is 0.178. The Hall–Kier alpha value is -2.58. The number of esters is 2. The Bertz CT molecular complexity index is 883. The molecule has 22 heteroatoms. The molecule has 0 N–H and O–H groups in total. The van der Waals surface area contributed by atoms with Gasteiger partial charge in [0.2, 0.25) is 0 Å². The monoisotopic (exact) mass is 594 g/mol. The Balaban J connectivity index is 5.44. The molecule has 218 valence electrons. The van der Waals surface area contributed by atoms with E-state index >= 15 is 0 Å². The van der Waals surface area contributed by atoms with Crippen LogP contribution >= 0.6 is 0 Å². The second-order valence-electron chi connectivity index (χ2n) is 6.71. The van der Waals surface area contributed by atoms with Crippen LogP contribution in [0.1, 0.15) is 6.92 Å². The fraction of sp³-hybridized carbons (Fsp3) is 0.733. The van der Waals surface area contributed by atoms with Crippen molar-refractivity contribution in [3.05, 3.63) is 11.6 Å². The lowest BCUT2D eigenvalue weighted by Crippen LogP contribution is -2.62. The van der Waals surface area contributed by atoms with Gasteiger partial charge in [-0.05, 0) is 6.92 Å². The summed E-state index contributed by atoms with van der Waals surface area (Å²) in [7, 11) is 0. The Kier molecular flexibility index (Phi) is 9.25. The van der Waals surface area contributed by atoms with Gasteiger partial charge in [-0.15, -0.1) is 0 Å². The van der Waals surface area contributed by atoms with Crippen LogP contribution in [0.3, 0.4) is 0 Å². The third-order valence-corrected chi connectivity index (χ3v) is 3.86. The summed E-state index contributed by atoms with van der Waals surface area (Å²) in [5, 5.41) is 0. The van der Waals surface area contributed by atoms with E-state index in [9.17, 15) is 88.6 Å². The van der Waals surface area contributed by atoms with Gasteiger partial charge in [0, 0.05) is 11.6 Å². The molecular weight excluding hydrogens is 586 g/mol. The average Bonchev–Trinajstić information content (AvgIpc) is 2.68. The van der Waals surface area contributed by atoms with Crippen molar-refractivity contribution in [3.8, 4) is 0 Å². The van der Waals surface area contributed by atoms with E-state index in [0.29, 0.717) is 0 Å². The van der Waals surface area contributed by atoms with E-state index in [4.69, 9.17) is 0 Å². The van der Waals surface area contributed by atoms with Gasteiger partial charge in [0.25, 0.3) is 0 Å². The summed E-state index contributed by atoms with van der Waals surface area (Å²) in [5.74, 6) is -46.9. The van der Waals surface area contributed by atoms with Crippen LogP contribution in [0.4, 0.5) is 79.0 Å². The van der Waals surface area contributed by atoms with E-state index in [1.807, 2.05) is 0 Å². The number of carbonyl (C=O) groups excluding carboxylic acids is 2. The second kappa shape index (κ2) is 9.95. The topological polar surface area (TPSA) is 52.6 Å². The van der Waals surface area contributed by atoms with Crippen molar-refractivity contribution in [2.45, 2.75) is 54.8 Å². The maximum absolute atomic E-state index is 13.2. The maximum atomic E-state index is 13.2. The minimum absolute atomic E-state index is 0.245. The number of hydrogen-bond acceptors (Lipinski definition) is 4. The van der Waals surface area contributed by atoms with Crippen LogP contribution in [0.15, 0.2) is 11.6 Å². The highest BCUT2D eigenvalue weighted by atomic mass is 19.4. The summed E-state index contributed by atoms with van der Waals surface area (Å²) in [6, 6.07) is 0. The molecule has 0 aromatic heterocycles. The highest BCUT2D eigenvalue weighted by Gasteiger charge is 2.83. The third-order valence-electron chi connectivity index (χ3n) is 3.86. The normalized spacial score (nSPS) is 15.5. The summed E-state index contributed by atoms with van der Waals surface area (Å²) in [6.45, 7) is -6.17. The molecule has 0 unspecified atom stereocenters. The summed E-state index contributed by atoms with van der Waals surface area (Å²) in [4.78, 5) is 22.5. The smallest absolute Gasteiger partial charge is 0.456 e. The average molecular weight is 594 g/mol. The van der Waals surface area contributed by atoms with Crippen LogP contribution in [-0.4, -0.2) is 73.0 Å². The van der Waals surface area contributed by atoms with Crippen molar-refractivity contribution < 1.29 is 98.1 Å². The van der Waals surface area contributed by atoms with E-state index in [1.165, 1.54) is 0 Å². The molecule has 0 atom stereocenters. The largest absolute Gasteiger partial charge is 0.460 e. The first kappa shape index (κ1) is 34.4. The molecule has 0 rings (SSSR count). The van der Waals surface area contributed by atoms with Gasteiger partial charge in [-0.25, -0.2) is 9.59 Å². The number of hydrogen-bond donors (Lipinski definition) is 0. The van der Waals surface area contributed by atoms with Gasteiger partial charge in [0.05, 0.1) is 0 Å². The first-order valence-corrected chi connectivity index (χ1v) is 8.33. The SMILES string of the molecule is C/C(=C\C(=O)OCC(F)(F)C(F)(F)C(F)(F)C(F)(F)F)C(=O)OCC(F)(F)C(F)(F)C(F)(F)C(F)(F)F. The van der Waals surface area contributed by atoms with Crippen LogP contribution in [0.2, 0.25) is 0 Å². The molecule has 0 spiro atoms. The van der Waals surface area contributed by atoms with E-state index in [0.717, 1.165) is 0 Å². The zero-order chi connectivity index (χ0) is 30.3. The highest BCUT2D eigenvalue weighted by Crippen LogP contribution is 2.54. The fourth-order valence-corrected chi connectivity index (χ4v) is 1.71. The minimum atomic E-state index is -7.36. The molecule has 0 saturated carbocycles. The summed E-state index contributed by atoms with van der Waals surface area (Å²) in [5.41, 5.74) is -1.50. The second-order valence-corrected chi connectivity index (χ2v) is 6.71. The van der Waals surface area contributed by atoms with E-state index < -0.39 is 84.7 Å². The molecule has 0 fully saturated rings. The molecule has 0 heterocycles. The predicted molar refractivity (Wildman–Crippen MR) is 77.5 cm³/mol. The van der Waals surface area contributed by atoms with Crippen molar-refractivity contribution >= 4 is 11.9 Å². The molecule has 0 bridgehead atoms. The third kappa shape index (κ3) is 6.47. The number of alkyl halides is 18. The van der Waals surface area contributed by atoms with Crippen LogP contribution in [0, 0.1) is 0 Å². The van der Waals surface area contributed by atoms with Crippen molar-refractivity contribution in [1.29, 1.82) is 0 Å². The van der Waals surface area contributed by atoms with E-state index in [1.54, 1.807) is 0 Å². The van der Waals surface area contributed by atoms with Gasteiger partial charge in [0.1, 0.15) is 0 Å². The molecule has 37 heavy (non-hydrogen) atoms. The molecule has 0 amide bonds. The number of rotatable bonds is 10. The highest BCUT2D eigenvalue weighted by molar-refractivity contribution is 5.95. The van der Waals surface area contributed by atoms with Crippen molar-refractivity contribution in [2.75, 3.05) is 13.2 Å². The molecule has 0 aliphatic heterocycles. The zero-order valence-corrected chi connectivity index (χ0v) is 16.9. The number of halogens is 18. The van der Waals surface area contributed by atoms with Crippen LogP contribution in [0.5, 0.6) is 0 Å². The van der Waals surface area contributed by atoms with Gasteiger partial charge in [-0.2, -0.15) is 79.0 Å². The molecule has 4 nitrogen and oxygen atoms in total. The molecule has 0 aromatic rings. The van der Waals surface area contributed by atoms with Crippen molar-refractivity contribution in [3.63, 3.8) is 0 Å². The fourth-order valence-electron chi connectivity index (χ4n) is 1.71. The first-order valence-electron chi connectivity index (χ1n) is 8.33. The molecule has 0 aliphatic rings. The number of carbonyl (C=O) groups is 2. The molecule has 0 aliphatic carbocycles. The Morgan fingerprint density at radius 1 is 0.541 bits per heavy atom. The first-order chi connectivity index (χ1) is 15.9. The van der Waals surface area contributed by atoms with Crippen molar-refractivity contribution in [1.82, 2.24) is 0 Å². The van der Waals surface area contributed by atoms with E-state index in [-0.39, 0.29) is 6.92 Å².